The number of nitrogens with one attached hydrogen (secondary N) is 2. The average molecular weight is 406 g/mol. The van der Waals surface area contributed by atoms with Crippen molar-refractivity contribution in [3.05, 3.63) is 61.8 Å². The van der Waals surface area contributed by atoms with Gasteiger partial charge in [0.1, 0.15) is 16.5 Å². The molecule has 0 fully saturated rings. The number of carbonyl (C=O) groups is 1. The Bertz CT molecular complexity index is 990. The highest BCUT2D eigenvalue weighted by Gasteiger charge is 2.15. The van der Waals surface area contributed by atoms with Gasteiger partial charge >= 0.3 is 0 Å². The Morgan fingerprint density at radius 3 is 2.81 bits per heavy atom. The maximum absolute atomic E-state index is 13.0. The van der Waals surface area contributed by atoms with E-state index in [0.717, 1.165) is 22.9 Å². The Kier molecular flexibility index (Phi) is 6.12. The summed E-state index contributed by atoms with van der Waals surface area (Å²) in [5.41, 5.74) is 1.66. The maximum atomic E-state index is 13.0. The predicted molar refractivity (Wildman–Crippen MR) is 105 cm³/mol. The van der Waals surface area contributed by atoms with Crippen LogP contribution in [0.1, 0.15) is 38.7 Å². The minimum absolute atomic E-state index is 0.146. The minimum Gasteiger partial charge on any atom is -0.351 e. The van der Waals surface area contributed by atoms with Gasteiger partial charge in [0.2, 0.25) is 0 Å². The number of H-pyrrole nitrogens is 1. The van der Waals surface area contributed by atoms with Crippen LogP contribution in [-0.4, -0.2) is 32.2 Å². The van der Waals surface area contributed by atoms with Gasteiger partial charge in [0, 0.05) is 25.9 Å². The smallest absolute Gasteiger partial charge is 0.263 e. The molecule has 3 aromatic rings. The fourth-order valence-corrected chi connectivity index (χ4v) is 4.05. The van der Waals surface area contributed by atoms with Crippen LogP contribution in [0.15, 0.2) is 24.3 Å². The fraction of sp³-hybridized carbons (Fsp3) is 0.333. The number of amides is 1. The number of thiazole rings is 1. The van der Waals surface area contributed by atoms with Crippen molar-refractivity contribution in [3.8, 4) is 0 Å². The molecule has 2 aromatic heterocycles. The molecule has 0 atom stereocenters. The fourth-order valence-electron chi connectivity index (χ4n) is 2.75. The second-order valence-corrected chi connectivity index (χ2v) is 7.49. The van der Waals surface area contributed by atoms with E-state index in [1.165, 1.54) is 23.5 Å². The van der Waals surface area contributed by atoms with E-state index in [1.54, 1.807) is 12.1 Å². The van der Waals surface area contributed by atoms with Gasteiger partial charge in [0.25, 0.3) is 5.91 Å². The van der Waals surface area contributed by atoms with Crippen molar-refractivity contribution in [1.29, 1.82) is 0 Å². The molecule has 0 bridgehead atoms. The van der Waals surface area contributed by atoms with E-state index in [4.69, 9.17) is 12.2 Å². The molecule has 142 valence electrons. The predicted octanol–water partition coefficient (Wildman–Crippen LogP) is 3.43. The summed E-state index contributed by atoms with van der Waals surface area (Å²) in [6, 6.07) is 6.31. The molecule has 9 heteroatoms. The van der Waals surface area contributed by atoms with Crippen molar-refractivity contribution >= 4 is 29.5 Å². The molecule has 0 unspecified atom stereocenters. The number of hydrogen-bond acceptors (Lipinski definition) is 5. The second kappa shape index (κ2) is 8.53. The van der Waals surface area contributed by atoms with Crippen LogP contribution in [0.25, 0.3) is 0 Å². The molecule has 0 saturated heterocycles. The normalized spacial score (nSPS) is 10.9. The summed E-state index contributed by atoms with van der Waals surface area (Å²) in [6.45, 7) is 5.01. The topological polar surface area (TPSA) is 75.6 Å². The van der Waals surface area contributed by atoms with Crippen LogP contribution in [0.5, 0.6) is 0 Å². The summed E-state index contributed by atoms with van der Waals surface area (Å²) >= 11 is 6.53. The highest BCUT2D eigenvalue weighted by atomic mass is 32.1. The number of halogens is 1. The first kappa shape index (κ1) is 19.4. The molecule has 0 aliphatic heterocycles. The number of benzene rings is 1. The summed E-state index contributed by atoms with van der Waals surface area (Å²) in [6.07, 6.45) is 1.16. The molecule has 2 heterocycles. The van der Waals surface area contributed by atoms with Gasteiger partial charge in [-0.05, 0) is 43.8 Å². The van der Waals surface area contributed by atoms with E-state index in [0.29, 0.717) is 34.7 Å². The Morgan fingerprint density at radius 2 is 2.11 bits per heavy atom. The van der Waals surface area contributed by atoms with Gasteiger partial charge in [0.15, 0.2) is 4.77 Å². The van der Waals surface area contributed by atoms with Gasteiger partial charge in [-0.15, -0.1) is 11.3 Å². The number of aryl methyl sites for hydroxylation is 1. The first-order chi connectivity index (χ1) is 13.0. The van der Waals surface area contributed by atoms with E-state index < -0.39 is 0 Å². The number of aromatic amines is 1. The van der Waals surface area contributed by atoms with Crippen LogP contribution in [0.3, 0.4) is 0 Å². The van der Waals surface area contributed by atoms with Crippen LogP contribution >= 0.6 is 23.6 Å². The Morgan fingerprint density at radius 1 is 1.37 bits per heavy atom. The first-order valence-corrected chi connectivity index (χ1v) is 9.83. The number of aromatic nitrogens is 4. The molecule has 0 radical (unpaired) electrons. The lowest BCUT2D eigenvalue weighted by Crippen LogP contribution is -2.26. The summed E-state index contributed by atoms with van der Waals surface area (Å²) < 4.78 is 15.5. The van der Waals surface area contributed by atoms with E-state index >= 15 is 0 Å². The standard InChI is InChI=1S/C18H20FN5OS2/c1-3-24-14(22-23-18(24)26)8-9-20-17(25)16-11(2)21-15(27-16)10-12-4-6-13(19)7-5-12/h4-7H,3,8-10H2,1-2H3,(H,20,25)(H,23,26). The number of carbonyl (C=O) groups excluding carboxylic acids is 1. The summed E-state index contributed by atoms with van der Waals surface area (Å²) in [5, 5.41) is 10.7. The first-order valence-electron chi connectivity index (χ1n) is 8.61. The van der Waals surface area contributed by atoms with Gasteiger partial charge in [-0.25, -0.2) is 9.37 Å². The lowest BCUT2D eigenvalue weighted by Gasteiger charge is -2.05. The van der Waals surface area contributed by atoms with Gasteiger partial charge in [-0.3, -0.25) is 9.89 Å². The largest absolute Gasteiger partial charge is 0.351 e. The molecule has 0 saturated carbocycles. The van der Waals surface area contributed by atoms with Gasteiger partial charge in [-0.1, -0.05) is 12.1 Å². The van der Waals surface area contributed by atoms with Crippen molar-refractivity contribution in [3.63, 3.8) is 0 Å². The Labute approximate surface area is 165 Å². The van der Waals surface area contributed by atoms with E-state index in [2.05, 4.69) is 20.5 Å². The zero-order valence-electron chi connectivity index (χ0n) is 15.1. The zero-order valence-corrected chi connectivity index (χ0v) is 16.7. The van der Waals surface area contributed by atoms with E-state index in [-0.39, 0.29) is 11.7 Å². The lowest BCUT2D eigenvalue weighted by atomic mass is 10.1. The third-order valence-corrected chi connectivity index (χ3v) is 5.57. The molecule has 0 aliphatic rings. The van der Waals surface area contributed by atoms with Gasteiger partial charge in [-0.2, -0.15) is 5.10 Å². The number of rotatable bonds is 7. The van der Waals surface area contributed by atoms with Crippen molar-refractivity contribution in [1.82, 2.24) is 25.1 Å². The molecule has 1 amide bonds. The lowest BCUT2D eigenvalue weighted by molar-refractivity contribution is 0.0957. The van der Waals surface area contributed by atoms with E-state index in [9.17, 15) is 9.18 Å². The highest BCUT2D eigenvalue weighted by Crippen LogP contribution is 2.21. The molecule has 3 rings (SSSR count). The Balaban J connectivity index is 1.60. The van der Waals surface area contributed by atoms with E-state index in [1.807, 2.05) is 18.4 Å². The molecule has 6 nitrogen and oxygen atoms in total. The second-order valence-electron chi connectivity index (χ2n) is 6.02. The van der Waals surface area contributed by atoms with Crippen LogP contribution in [-0.2, 0) is 19.4 Å². The van der Waals surface area contributed by atoms with Gasteiger partial charge < -0.3 is 9.88 Å². The third-order valence-electron chi connectivity index (χ3n) is 4.10. The highest BCUT2D eigenvalue weighted by molar-refractivity contribution is 7.71. The van der Waals surface area contributed by atoms with Crippen LogP contribution < -0.4 is 5.32 Å². The summed E-state index contributed by atoms with van der Waals surface area (Å²) in [5.74, 6) is 0.409. The molecule has 0 spiro atoms. The van der Waals surface area contributed by atoms with Crippen molar-refractivity contribution in [2.24, 2.45) is 0 Å². The molecule has 1 aromatic carbocycles. The molecule has 2 N–H and O–H groups in total. The van der Waals surface area contributed by atoms with Crippen molar-refractivity contribution < 1.29 is 9.18 Å². The summed E-state index contributed by atoms with van der Waals surface area (Å²) in [4.78, 5) is 17.6. The SMILES string of the molecule is CCn1c(CCNC(=O)c2sc(Cc3ccc(F)cc3)nc2C)n[nH]c1=S. The van der Waals surface area contributed by atoms with Crippen molar-refractivity contribution in [2.45, 2.75) is 33.2 Å². The molecular formula is C18H20FN5OS2. The Hall–Kier alpha value is -2.39. The van der Waals surface area contributed by atoms with Crippen LogP contribution in [0.2, 0.25) is 0 Å². The zero-order chi connectivity index (χ0) is 19.4. The molecular weight excluding hydrogens is 385 g/mol. The number of hydrogen-bond donors (Lipinski definition) is 2. The third kappa shape index (κ3) is 4.67. The molecule has 27 heavy (non-hydrogen) atoms. The maximum Gasteiger partial charge on any atom is 0.263 e. The number of nitrogens with zero attached hydrogens (tertiary/aromatic N) is 3. The summed E-state index contributed by atoms with van der Waals surface area (Å²) in [7, 11) is 0. The minimum atomic E-state index is -0.265. The van der Waals surface area contributed by atoms with Crippen LogP contribution in [0, 0.1) is 17.5 Å². The quantitative estimate of drug-likeness (QED) is 0.591. The van der Waals surface area contributed by atoms with Gasteiger partial charge in [0.05, 0.1) is 10.7 Å². The average Bonchev–Trinajstić information content (AvgIpc) is 3.19. The van der Waals surface area contributed by atoms with Crippen LogP contribution in [0.4, 0.5) is 4.39 Å². The molecule has 0 aliphatic carbocycles. The van der Waals surface area contributed by atoms with Crippen molar-refractivity contribution in [2.75, 3.05) is 6.54 Å². The monoisotopic (exact) mass is 405 g/mol.